The van der Waals surface area contributed by atoms with Gasteiger partial charge >= 0.3 is 0 Å². The van der Waals surface area contributed by atoms with E-state index in [2.05, 4.69) is 17.2 Å². The van der Waals surface area contributed by atoms with Crippen molar-refractivity contribution in [3.05, 3.63) is 0 Å². The van der Waals surface area contributed by atoms with E-state index in [4.69, 9.17) is 5.73 Å². The maximum Gasteiger partial charge on any atom is 0.189 e. The Kier molecular flexibility index (Phi) is 3.49. The molecule has 3 N–H and O–H groups in total. The Morgan fingerprint density at radius 3 is 2.60 bits per heavy atom. The first-order valence-corrected chi connectivity index (χ1v) is 6.35. The molecule has 0 amide bonds. The van der Waals surface area contributed by atoms with Crippen LogP contribution in [0.2, 0.25) is 0 Å². The first-order chi connectivity index (χ1) is 7.25. The van der Waals surface area contributed by atoms with Crippen molar-refractivity contribution >= 4 is 5.96 Å². The van der Waals surface area contributed by atoms with Gasteiger partial charge in [-0.2, -0.15) is 0 Å². The van der Waals surface area contributed by atoms with Crippen LogP contribution in [0.4, 0.5) is 0 Å². The Hall–Kier alpha value is -0.730. The van der Waals surface area contributed by atoms with Crippen LogP contribution in [0.5, 0.6) is 0 Å². The van der Waals surface area contributed by atoms with Crippen LogP contribution in [0.1, 0.15) is 51.9 Å². The zero-order valence-electron chi connectivity index (χ0n) is 9.71. The first-order valence-electron chi connectivity index (χ1n) is 6.35. The largest absolute Gasteiger partial charge is 0.370 e. The normalized spacial score (nSPS) is 33.5. The summed E-state index contributed by atoms with van der Waals surface area (Å²) in [5, 5.41) is 3.27. The zero-order chi connectivity index (χ0) is 10.7. The zero-order valence-corrected chi connectivity index (χ0v) is 9.71. The van der Waals surface area contributed by atoms with Crippen LogP contribution < -0.4 is 11.1 Å². The molecule has 0 bridgehead atoms. The fourth-order valence-electron chi connectivity index (χ4n) is 2.32. The Labute approximate surface area is 92.5 Å². The van der Waals surface area contributed by atoms with E-state index in [9.17, 15) is 0 Å². The molecule has 2 unspecified atom stereocenters. The predicted octanol–water partition coefficient (Wildman–Crippen LogP) is 2.02. The van der Waals surface area contributed by atoms with Gasteiger partial charge in [0, 0.05) is 6.04 Å². The van der Waals surface area contributed by atoms with E-state index in [1.165, 1.54) is 44.9 Å². The van der Waals surface area contributed by atoms with E-state index in [1.54, 1.807) is 0 Å². The number of nitrogens with zero attached hydrogens (tertiary/aromatic N) is 1. The molecule has 3 heteroatoms. The first kappa shape index (κ1) is 10.8. The molecule has 2 aliphatic rings. The minimum Gasteiger partial charge on any atom is -0.370 e. The second-order valence-electron chi connectivity index (χ2n) is 5.12. The van der Waals surface area contributed by atoms with Crippen molar-refractivity contribution in [2.45, 2.75) is 64.0 Å². The van der Waals surface area contributed by atoms with Crippen LogP contribution in [-0.2, 0) is 0 Å². The van der Waals surface area contributed by atoms with Gasteiger partial charge in [-0.3, -0.25) is 0 Å². The second-order valence-corrected chi connectivity index (χ2v) is 5.12. The van der Waals surface area contributed by atoms with E-state index in [0.29, 0.717) is 24.0 Å². The maximum atomic E-state index is 5.90. The predicted molar refractivity (Wildman–Crippen MR) is 63.8 cm³/mol. The van der Waals surface area contributed by atoms with Crippen molar-refractivity contribution in [2.24, 2.45) is 16.6 Å². The lowest BCUT2D eigenvalue weighted by molar-refractivity contribution is 0.432. The summed E-state index contributed by atoms with van der Waals surface area (Å²) in [7, 11) is 0. The van der Waals surface area contributed by atoms with Gasteiger partial charge in [0.2, 0.25) is 0 Å². The van der Waals surface area contributed by atoms with Crippen LogP contribution in [0.15, 0.2) is 4.99 Å². The highest BCUT2D eigenvalue weighted by Gasteiger charge is 2.23. The van der Waals surface area contributed by atoms with Crippen molar-refractivity contribution in [1.29, 1.82) is 0 Å². The number of hydrogen-bond acceptors (Lipinski definition) is 1. The van der Waals surface area contributed by atoms with E-state index >= 15 is 0 Å². The van der Waals surface area contributed by atoms with E-state index in [-0.39, 0.29) is 0 Å². The molecule has 2 atom stereocenters. The Morgan fingerprint density at radius 2 is 1.87 bits per heavy atom. The SMILES string of the molecule is CC1CCCCCC1N=C(N)NC1CC1. The molecule has 3 nitrogen and oxygen atoms in total. The molecule has 0 aromatic rings. The minimum absolute atomic E-state index is 0.457. The van der Waals surface area contributed by atoms with Gasteiger partial charge in [-0.05, 0) is 31.6 Å². The molecule has 0 radical (unpaired) electrons. The van der Waals surface area contributed by atoms with Gasteiger partial charge in [0.1, 0.15) is 0 Å². The van der Waals surface area contributed by atoms with Gasteiger partial charge in [-0.25, -0.2) is 4.99 Å². The average molecular weight is 209 g/mol. The molecule has 0 aliphatic heterocycles. The lowest BCUT2D eigenvalue weighted by Gasteiger charge is -2.18. The fourth-order valence-corrected chi connectivity index (χ4v) is 2.32. The van der Waals surface area contributed by atoms with Crippen molar-refractivity contribution < 1.29 is 0 Å². The molecule has 0 aromatic heterocycles. The molecule has 0 spiro atoms. The van der Waals surface area contributed by atoms with Crippen molar-refractivity contribution in [1.82, 2.24) is 5.32 Å². The van der Waals surface area contributed by atoms with E-state index < -0.39 is 0 Å². The van der Waals surface area contributed by atoms with Gasteiger partial charge in [0.05, 0.1) is 6.04 Å². The molecule has 2 saturated carbocycles. The van der Waals surface area contributed by atoms with Crippen LogP contribution in [0.25, 0.3) is 0 Å². The summed E-state index contributed by atoms with van der Waals surface area (Å²) in [4.78, 5) is 4.64. The molecule has 0 saturated heterocycles. The van der Waals surface area contributed by atoms with Crippen molar-refractivity contribution in [3.8, 4) is 0 Å². The van der Waals surface area contributed by atoms with Crippen molar-refractivity contribution in [3.63, 3.8) is 0 Å². The standard InChI is InChI=1S/C12H23N3/c1-9-5-3-2-4-6-11(9)15-12(13)14-10-7-8-10/h9-11H,2-8H2,1H3,(H3,13,14,15). The summed E-state index contributed by atoms with van der Waals surface area (Å²) in [5.41, 5.74) is 5.90. The van der Waals surface area contributed by atoms with E-state index in [1.807, 2.05) is 0 Å². The summed E-state index contributed by atoms with van der Waals surface area (Å²) >= 11 is 0. The van der Waals surface area contributed by atoms with Gasteiger partial charge in [-0.15, -0.1) is 0 Å². The van der Waals surface area contributed by atoms with Crippen LogP contribution in [0, 0.1) is 5.92 Å². The molecule has 0 aromatic carbocycles. The molecule has 15 heavy (non-hydrogen) atoms. The molecule has 0 heterocycles. The number of nitrogens with one attached hydrogen (secondary N) is 1. The number of hydrogen-bond donors (Lipinski definition) is 2. The molecule has 86 valence electrons. The fraction of sp³-hybridized carbons (Fsp3) is 0.917. The lowest BCUT2D eigenvalue weighted by atomic mass is 9.98. The number of rotatable bonds is 2. The highest BCUT2D eigenvalue weighted by molar-refractivity contribution is 5.78. The summed E-state index contributed by atoms with van der Waals surface area (Å²) in [6, 6.07) is 1.08. The Morgan fingerprint density at radius 1 is 1.13 bits per heavy atom. The molecular weight excluding hydrogens is 186 g/mol. The monoisotopic (exact) mass is 209 g/mol. The van der Waals surface area contributed by atoms with Crippen molar-refractivity contribution in [2.75, 3.05) is 0 Å². The molecular formula is C12H23N3. The Bertz CT molecular complexity index is 233. The average Bonchev–Trinajstić information content (AvgIpc) is 2.98. The van der Waals surface area contributed by atoms with E-state index in [0.717, 1.165) is 0 Å². The number of guanidine groups is 1. The summed E-state index contributed by atoms with van der Waals surface area (Å²) < 4.78 is 0. The third kappa shape index (κ3) is 3.40. The third-order valence-electron chi connectivity index (χ3n) is 3.55. The van der Waals surface area contributed by atoms with Crippen LogP contribution >= 0.6 is 0 Å². The van der Waals surface area contributed by atoms with Gasteiger partial charge < -0.3 is 11.1 Å². The number of aliphatic imine (C=N–C) groups is 1. The van der Waals surface area contributed by atoms with Gasteiger partial charge in [0.15, 0.2) is 5.96 Å². The second kappa shape index (κ2) is 4.86. The quantitative estimate of drug-likeness (QED) is 0.415. The topological polar surface area (TPSA) is 50.4 Å². The van der Waals surface area contributed by atoms with Gasteiger partial charge in [0.25, 0.3) is 0 Å². The van der Waals surface area contributed by atoms with Crippen LogP contribution in [-0.4, -0.2) is 18.0 Å². The third-order valence-corrected chi connectivity index (χ3v) is 3.55. The molecule has 2 rings (SSSR count). The van der Waals surface area contributed by atoms with Gasteiger partial charge in [-0.1, -0.05) is 26.2 Å². The molecule has 2 fully saturated rings. The van der Waals surface area contributed by atoms with Crippen LogP contribution in [0.3, 0.4) is 0 Å². The molecule has 2 aliphatic carbocycles. The maximum absolute atomic E-state index is 5.90. The highest BCUT2D eigenvalue weighted by Crippen LogP contribution is 2.25. The highest BCUT2D eigenvalue weighted by atomic mass is 15.1. The summed E-state index contributed by atoms with van der Waals surface area (Å²) in [6.45, 7) is 2.31. The minimum atomic E-state index is 0.457. The summed E-state index contributed by atoms with van der Waals surface area (Å²) in [5.74, 6) is 1.38. The smallest absolute Gasteiger partial charge is 0.189 e. The number of nitrogens with two attached hydrogens (primary N) is 1. The lowest BCUT2D eigenvalue weighted by Crippen LogP contribution is -2.35. The summed E-state index contributed by atoms with van der Waals surface area (Å²) in [6.07, 6.45) is 9.09. The Balaban J connectivity index is 1.88.